The summed E-state index contributed by atoms with van der Waals surface area (Å²) in [4.78, 5) is 6.69. The molecule has 3 rings (SSSR count). The van der Waals surface area contributed by atoms with Gasteiger partial charge in [0.1, 0.15) is 6.07 Å². The number of morpholine rings is 1. The van der Waals surface area contributed by atoms with Crippen LogP contribution >= 0.6 is 0 Å². The van der Waals surface area contributed by atoms with Crippen molar-refractivity contribution in [3.63, 3.8) is 0 Å². The second kappa shape index (κ2) is 7.47. The molecule has 0 saturated carbocycles. The highest BCUT2D eigenvalue weighted by molar-refractivity contribution is 5.62. The number of nitrogens with one attached hydrogen (secondary N) is 1. The molecule has 24 heavy (non-hydrogen) atoms. The fourth-order valence-corrected chi connectivity index (χ4v) is 2.83. The summed E-state index contributed by atoms with van der Waals surface area (Å²) in [6.07, 6.45) is 0. The number of benzene rings is 1. The lowest BCUT2D eigenvalue weighted by atomic mass is 10.1. The lowest BCUT2D eigenvalue weighted by Gasteiger charge is -2.32. The Labute approximate surface area is 142 Å². The minimum Gasteiger partial charge on any atom is -0.419 e. The molecule has 1 saturated heterocycles. The maximum Gasteiger partial charge on any atom is 0.232 e. The van der Waals surface area contributed by atoms with Crippen molar-refractivity contribution in [1.82, 2.24) is 9.88 Å². The van der Waals surface area contributed by atoms with Gasteiger partial charge in [-0.3, -0.25) is 4.90 Å². The lowest BCUT2D eigenvalue weighted by Crippen LogP contribution is -2.45. The Hall–Kier alpha value is -2.36. The Balaban J connectivity index is 1.72. The van der Waals surface area contributed by atoms with Gasteiger partial charge in [-0.1, -0.05) is 18.2 Å². The molecule has 1 aromatic carbocycles. The SMILES string of the molecule is Cc1ccccc1-c1nc(C#N)c(NCC(C)N2CCOCC2)o1. The van der Waals surface area contributed by atoms with E-state index in [1.165, 1.54) is 0 Å². The standard InChI is InChI=1S/C18H22N4O2/c1-13-5-3-4-6-15(13)17-21-16(11-19)18(24-17)20-12-14(2)22-7-9-23-10-8-22/h3-6,14,20H,7-10,12H2,1-2H3. The monoisotopic (exact) mass is 326 g/mol. The molecule has 0 aliphatic carbocycles. The molecule has 0 amide bonds. The molecule has 1 aliphatic heterocycles. The van der Waals surface area contributed by atoms with Gasteiger partial charge in [0.2, 0.25) is 17.5 Å². The van der Waals surface area contributed by atoms with Gasteiger partial charge in [-0.15, -0.1) is 0 Å². The van der Waals surface area contributed by atoms with Gasteiger partial charge < -0.3 is 14.5 Å². The Morgan fingerprint density at radius 1 is 1.33 bits per heavy atom. The van der Waals surface area contributed by atoms with E-state index in [9.17, 15) is 5.26 Å². The number of oxazole rings is 1. The first-order chi connectivity index (χ1) is 11.7. The molecule has 1 N–H and O–H groups in total. The zero-order chi connectivity index (χ0) is 16.9. The number of anilines is 1. The highest BCUT2D eigenvalue weighted by Crippen LogP contribution is 2.27. The Kier molecular flexibility index (Phi) is 5.14. The highest BCUT2D eigenvalue weighted by atomic mass is 16.5. The summed E-state index contributed by atoms with van der Waals surface area (Å²) in [5, 5.41) is 12.6. The Morgan fingerprint density at radius 2 is 2.08 bits per heavy atom. The van der Waals surface area contributed by atoms with Crippen LogP contribution in [0.2, 0.25) is 0 Å². The zero-order valence-electron chi connectivity index (χ0n) is 14.1. The van der Waals surface area contributed by atoms with Crippen LogP contribution in [-0.2, 0) is 4.74 Å². The third kappa shape index (κ3) is 3.58. The first-order valence-corrected chi connectivity index (χ1v) is 8.21. The molecular formula is C18H22N4O2. The molecule has 2 aromatic rings. The van der Waals surface area contributed by atoms with Gasteiger partial charge in [0.05, 0.1) is 13.2 Å². The minimum atomic E-state index is 0.294. The van der Waals surface area contributed by atoms with Crippen molar-refractivity contribution in [2.24, 2.45) is 0 Å². The van der Waals surface area contributed by atoms with Crippen LogP contribution < -0.4 is 5.32 Å². The van der Waals surface area contributed by atoms with Crippen molar-refractivity contribution in [1.29, 1.82) is 5.26 Å². The summed E-state index contributed by atoms with van der Waals surface area (Å²) in [7, 11) is 0. The van der Waals surface area contributed by atoms with Crippen molar-refractivity contribution in [2.45, 2.75) is 19.9 Å². The lowest BCUT2D eigenvalue weighted by molar-refractivity contribution is 0.0226. The van der Waals surface area contributed by atoms with Crippen molar-refractivity contribution in [3.05, 3.63) is 35.5 Å². The van der Waals surface area contributed by atoms with Crippen molar-refractivity contribution in [3.8, 4) is 17.5 Å². The number of aromatic nitrogens is 1. The van der Waals surface area contributed by atoms with Crippen LogP contribution in [0, 0.1) is 18.3 Å². The summed E-state index contributed by atoms with van der Waals surface area (Å²) < 4.78 is 11.2. The second-order valence-electron chi connectivity index (χ2n) is 6.00. The second-order valence-corrected chi connectivity index (χ2v) is 6.00. The largest absolute Gasteiger partial charge is 0.419 e. The summed E-state index contributed by atoms with van der Waals surface area (Å²) in [6, 6.07) is 10.3. The molecule has 1 unspecified atom stereocenters. The van der Waals surface area contributed by atoms with Gasteiger partial charge in [0, 0.05) is 31.2 Å². The van der Waals surface area contributed by atoms with E-state index in [4.69, 9.17) is 9.15 Å². The minimum absolute atomic E-state index is 0.294. The van der Waals surface area contributed by atoms with E-state index in [0.29, 0.717) is 30.1 Å². The predicted octanol–water partition coefficient (Wildman–Crippen LogP) is 2.65. The van der Waals surface area contributed by atoms with Crippen molar-refractivity contribution < 1.29 is 9.15 Å². The van der Waals surface area contributed by atoms with Crippen LogP contribution in [0.15, 0.2) is 28.7 Å². The molecule has 1 aromatic heterocycles. The van der Waals surface area contributed by atoms with Gasteiger partial charge in [-0.2, -0.15) is 10.2 Å². The van der Waals surface area contributed by atoms with E-state index >= 15 is 0 Å². The smallest absolute Gasteiger partial charge is 0.232 e. The van der Waals surface area contributed by atoms with E-state index in [1.54, 1.807) is 0 Å². The fraction of sp³-hybridized carbons (Fsp3) is 0.444. The summed E-state index contributed by atoms with van der Waals surface area (Å²) in [6.45, 7) is 8.25. The summed E-state index contributed by atoms with van der Waals surface area (Å²) in [5.74, 6) is 0.919. The predicted molar refractivity (Wildman–Crippen MR) is 91.7 cm³/mol. The summed E-state index contributed by atoms with van der Waals surface area (Å²) >= 11 is 0. The first kappa shape index (κ1) is 16.5. The molecule has 6 heteroatoms. The average molecular weight is 326 g/mol. The number of nitriles is 1. The van der Waals surface area contributed by atoms with Crippen LogP contribution in [0.25, 0.3) is 11.5 Å². The molecular weight excluding hydrogens is 304 g/mol. The molecule has 1 fully saturated rings. The number of ether oxygens (including phenoxy) is 1. The van der Waals surface area contributed by atoms with Gasteiger partial charge >= 0.3 is 0 Å². The number of rotatable bonds is 5. The first-order valence-electron chi connectivity index (χ1n) is 8.21. The molecule has 0 spiro atoms. The average Bonchev–Trinajstić information content (AvgIpc) is 3.04. The number of hydrogen-bond acceptors (Lipinski definition) is 6. The van der Waals surface area contributed by atoms with Gasteiger partial charge in [-0.25, -0.2) is 0 Å². The zero-order valence-corrected chi connectivity index (χ0v) is 14.1. The van der Waals surface area contributed by atoms with Crippen molar-refractivity contribution >= 4 is 5.88 Å². The van der Waals surface area contributed by atoms with E-state index in [0.717, 1.165) is 37.4 Å². The van der Waals surface area contributed by atoms with Crippen LogP contribution in [0.5, 0.6) is 0 Å². The molecule has 126 valence electrons. The normalized spacial score (nSPS) is 16.5. The van der Waals surface area contributed by atoms with E-state index in [-0.39, 0.29) is 0 Å². The van der Waals surface area contributed by atoms with E-state index in [1.807, 2.05) is 31.2 Å². The third-order valence-corrected chi connectivity index (χ3v) is 4.34. The fourth-order valence-electron chi connectivity index (χ4n) is 2.83. The van der Waals surface area contributed by atoms with Gasteiger partial charge in [-0.05, 0) is 25.5 Å². The van der Waals surface area contributed by atoms with Crippen LogP contribution in [0.1, 0.15) is 18.2 Å². The Morgan fingerprint density at radius 3 is 2.79 bits per heavy atom. The van der Waals surface area contributed by atoms with E-state index in [2.05, 4.69) is 28.2 Å². The quantitative estimate of drug-likeness (QED) is 0.910. The molecule has 0 bridgehead atoms. The van der Waals surface area contributed by atoms with Crippen molar-refractivity contribution in [2.75, 3.05) is 38.2 Å². The number of nitrogens with zero attached hydrogens (tertiary/aromatic N) is 3. The topological polar surface area (TPSA) is 74.3 Å². The molecule has 2 heterocycles. The number of hydrogen-bond donors (Lipinski definition) is 1. The summed E-state index contributed by atoms with van der Waals surface area (Å²) in [5.41, 5.74) is 2.27. The highest BCUT2D eigenvalue weighted by Gasteiger charge is 2.19. The molecule has 6 nitrogen and oxygen atoms in total. The van der Waals surface area contributed by atoms with Crippen LogP contribution in [-0.4, -0.2) is 48.8 Å². The van der Waals surface area contributed by atoms with Crippen LogP contribution in [0.3, 0.4) is 0 Å². The van der Waals surface area contributed by atoms with Gasteiger partial charge in [0.15, 0.2) is 0 Å². The maximum atomic E-state index is 9.32. The van der Waals surface area contributed by atoms with Gasteiger partial charge in [0.25, 0.3) is 0 Å². The number of aryl methyl sites for hydroxylation is 1. The molecule has 0 radical (unpaired) electrons. The maximum absolute atomic E-state index is 9.32. The molecule has 1 aliphatic rings. The third-order valence-electron chi connectivity index (χ3n) is 4.34. The molecule has 1 atom stereocenters. The van der Waals surface area contributed by atoms with Crippen LogP contribution in [0.4, 0.5) is 5.88 Å². The van der Waals surface area contributed by atoms with E-state index < -0.39 is 0 Å². The Bertz CT molecular complexity index is 729.